The smallest absolute Gasteiger partial charge is 0.245 e. The first-order valence-electron chi connectivity index (χ1n) is 14.9. The van der Waals surface area contributed by atoms with Crippen molar-refractivity contribution in [2.24, 2.45) is 17.3 Å². The van der Waals surface area contributed by atoms with Gasteiger partial charge in [-0.2, -0.15) is 11.8 Å². The van der Waals surface area contributed by atoms with Crippen LogP contribution in [-0.2, 0) is 16.0 Å². The molecule has 42 heavy (non-hydrogen) atoms. The molecular weight excluding hydrogens is 551 g/mol. The van der Waals surface area contributed by atoms with E-state index in [4.69, 9.17) is 4.74 Å². The lowest BCUT2D eigenvalue weighted by molar-refractivity contribution is -0.127. The molecule has 2 aliphatic carbocycles. The van der Waals surface area contributed by atoms with Crippen LogP contribution in [0.1, 0.15) is 61.9 Å². The van der Waals surface area contributed by atoms with Gasteiger partial charge in [-0.1, -0.05) is 49.0 Å². The fourth-order valence-corrected chi connectivity index (χ4v) is 7.51. The van der Waals surface area contributed by atoms with Gasteiger partial charge in [0.15, 0.2) is 17.3 Å². The van der Waals surface area contributed by atoms with Gasteiger partial charge in [0.25, 0.3) is 0 Å². The SMILES string of the molecule is CCC1=CC(C#CC2(CC(C)C3CC(=O)c4c(ccc(OC)c4F)C3)CC(=O)NC2=O)=CC=C(CN2CCSCC2)C1. The van der Waals surface area contributed by atoms with Gasteiger partial charge in [0.2, 0.25) is 11.8 Å². The summed E-state index contributed by atoms with van der Waals surface area (Å²) in [4.78, 5) is 41.2. The number of allylic oxidation sites excluding steroid dienone is 5. The van der Waals surface area contributed by atoms with Gasteiger partial charge in [0, 0.05) is 43.1 Å². The molecule has 0 saturated carbocycles. The molecule has 0 spiro atoms. The summed E-state index contributed by atoms with van der Waals surface area (Å²) in [5.41, 5.74) is 3.08. The molecule has 222 valence electrons. The van der Waals surface area contributed by atoms with Gasteiger partial charge >= 0.3 is 0 Å². The van der Waals surface area contributed by atoms with Crippen molar-refractivity contribution < 1.29 is 23.5 Å². The number of carbonyl (C=O) groups excluding carboxylic acids is 3. The summed E-state index contributed by atoms with van der Waals surface area (Å²) in [6.07, 6.45) is 9.17. The number of nitrogens with one attached hydrogen (secondary N) is 1. The summed E-state index contributed by atoms with van der Waals surface area (Å²) >= 11 is 2.01. The Bertz CT molecular complexity index is 1430. The molecule has 3 unspecified atom stereocenters. The van der Waals surface area contributed by atoms with Gasteiger partial charge in [-0.3, -0.25) is 24.6 Å². The number of hydrogen-bond acceptors (Lipinski definition) is 6. The highest BCUT2D eigenvalue weighted by atomic mass is 32.2. The summed E-state index contributed by atoms with van der Waals surface area (Å²) < 4.78 is 19.9. The molecule has 0 bridgehead atoms. The van der Waals surface area contributed by atoms with E-state index >= 15 is 0 Å². The van der Waals surface area contributed by atoms with Crippen molar-refractivity contribution >= 4 is 29.4 Å². The molecule has 1 aromatic carbocycles. The summed E-state index contributed by atoms with van der Waals surface area (Å²) in [5.74, 6) is 7.13. The molecule has 2 aliphatic heterocycles. The number of halogens is 1. The maximum absolute atomic E-state index is 14.8. The van der Waals surface area contributed by atoms with E-state index in [2.05, 4.69) is 41.1 Å². The van der Waals surface area contributed by atoms with E-state index in [-0.39, 0.29) is 53.6 Å². The predicted octanol–water partition coefficient (Wildman–Crippen LogP) is 5.28. The molecule has 8 heteroatoms. The van der Waals surface area contributed by atoms with Crippen LogP contribution >= 0.6 is 11.8 Å². The lowest BCUT2D eigenvalue weighted by Crippen LogP contribution is -2.35. The number of methoxy groups -OCH3 is 1. The number of hydrogen-bond donors (Lipinski definition) is 1. The summed E-state index contributed by atoms with van der Waals surface area (Å²) in [5, 5.41) is 2.47. The number of fused-ring (bicyclic) bond motifs is 1. The Morgan fingerprint density at radius 1 is 1.17 bits per heavy atom. The van der Waals surface area contributed by atoms with Crippen molar-refractivity contribution in [2.75, 3.05) is 38.2 Å². The van der Waals surface area contributed by atoms with Crippen LogP contribution in [0.15, 0.2) is 47.1 Å². The van der Waals surface area contributed by atoms with E-state index in [1.54, 1.807) is 12.1 Å². The maximum atomic E-state index is 14.8. The van der Waals surface area contributed by atoms with Crippen LogP contribution in [-0.4, -0.2) is 60.7 Å². The number of rotatable bonds is 7. The molecule has 1 N–H and O–H groups in total. The second-order valence-corrected chi connectivity index (χ2v) is 13.2. The van der Waals surface area contributed by atoms with Crippen molar-refractivity contribution in [3.8, 4) is 17.6 Å². The molecule has 2 amide bonds. The highest BCUT2D eigenvalue weighted by molar-refractivity contribution is 7.99. The minimum Gasteiger partial charge on any atom is -0.494 e. The standard InChI is InChI=1S/C34H39FN2O4S/c1-4-23-15-24(5-6-25(16-23)21-37-11-13-42-14-12-37)9-10-34(20-30(39)36-33(34)40)19-22(2)27-17-26-7-8-29(41-3)32(35)31(26)28(38)18-27/h5-8,15,22,27H,4,11-14,16-21H2,1-3H3,(H,36,39,40). The van der Waals surface area contributed by atoms with Crippen LogP contribution in [0.4, 0.5) is 4.39 Å². The zero-order valence-electron chi connectivity index (χ0n) is 24.7. The summed E-state index contributed by atoms with van der Waals surface area (Å²) in [6.45, 7) is 7.31. The highest BCUT2D eigenvalue weighted by Crippen LogP contribution is 2.41. The number of nitrogens with zero attached hydrogens (tertiary/aromatic N) is 1. The molecule has 4 aliphatic rings. The van der Waals surface area contributed by atoms with Crippen LogP contribution in [0, 0.1) is 34.9 Å². The second-order valence-electron chi connectivity index (χ2n) is 11.9. The summed E-state index contributed by atoms with van der Waals surface area (Å²) in [6, 6.07) is 3.30. The van der Waals surface area contributed by atoms with Crippen molar-refractivity contribution in [3.05, 3.63) is 64.0 Å². The Morgan fingerprint density at radius 3 is 2.64 bits per heavy atom. The third kappa shape index (κ3) is 6.58. The molecule has 2 saturated heterocycles. The van der Waals surface area contributed by atoms with E-state index in [0.717, 1.165) is 38.0 Å². The van der Waals surface area contributed by atoms with Gasteiger partial charge in [-0.15, -0.1) is 0 Å². The zero-order valence-corrected chi connectivity index (χ0v) is 25.5. The predicted molar refractivity (Wildman–Crippen MR) is 164 cm³/mol. The lowest BCUT2D eigenvalue weighted by Gasteiger charge is -2.32. The van der Waals surface area contributed by atoms with Crippen molar-refractivity contribution in [1.82, 2.24) is 10.2 Å². The Hall–Kier alpha value is -3.15. The summed E-state index contributed by atoms with van der Waals surface area (Å²) in [7, 11) is 1.38. The number of ketones is 1. The average molecular weight is 591 g/mol. The largest absolute Gasteiger partial charge is 0.494 e. The van der Waals surface area contributed by atoms with Crippen LogP contribution in [0.3, 0.4) is 0 Å². The first kappa shape index (κ1) is 30.3. The van der Waals surface area contributed by atoms with Gasteiger partial charge in [0.1, 0.15) is 5.41 Å². The fraction of sp³-hybridized carbons (Fsp3) is 0.500. The van der Waals surface area contributed by atoms with Crippen LogP contribution < -0.4 is 10.1 Å². The third-order valence-corrected chi connectivity index (χ3v) is 9.93. The Balaban J connectivity index is 1.37. The molecule has 0 aromatic heterocycles. The second kappa shape index (κ2) is 13.0. The van der Waals surface area contributed by atoms with E-state index in [0.29, 0.717) is 18.4 Å². The van der Waals surface area contributed by atoms with Crippen molar-refractivity contribution in [3.63, 3.8) is 0 Å². The third-order valence-electron chi connectivity index (χ3n) is 8.99. The van der Waals surface area contributed by atoms with Gasteiger partial charge in [-0.25, -0.2) is 4.39 Å². The molecular formula is C34H39FN2O4S. The molecule has 0 radical (unpaired) electrons. The number of carbonyl (C=O) groups is 3. The number of ether oxygens (including phenoxy) is 1. The normalized spacial score (nSPS) is 25.3. The first-order valence-corrected chi connectivity index (χ1v) is 16.0. The molecule has 3 atom stereocenters. The van der Waals surface area contributed by atoms with Crippen LogP contribution in [0.5, 0.6) is 5.75 Å². The molecule has 5 rings (SSSR count). The Kier molecular flexibility index (Phi) is 9.39. The molecule has 2 fully saturated rings. The molecule has 1 aromatic rings. The van der Waals surface area contributed by atoms with Gasteiger partial charge in [-0.05, 0) is 61.3 Å². The van der Waals surface area contributed by atoms with Crippen molar-refractivity contribution in [1.29, 1.82) is 0 Å². The fourth-order valence-electron chi connectivity index (χ4n) is 6.53. The monoisotopic (exact) mass is 590 g/mol. The van der Waals surface area contributed by atoms with Crippen LogP contribution in [0.2, 0.25) is 0 Å². The lowest BCUT2D eigenvalue weighted by atomic mass is 9.70. The number of imide groups is 1. The maximum Gasteiger partial charge on any atom is 0.245 e. The average Bonchev–Trinajstić information content (AvgIpc) is 3.12. The zero-order chi connectivity index (χ0) is 29.9. The topological polar surface area (TPSA) is 75.7 Å². The van der Waals surface area contributed by atoms with E-state index in [9.17, 15) is 18.8 Å². The van der Waals surface area contributed by atoms with Gasteiger partial charge < -0.3 is 4.74 Å². The van der Waals surface area contributed by atoms with E-state index in [1.807, 2.05) is 24.8 Å². The van der Waals surface area contributed by atoms with Crippen LogP contribution in [0.25, 0.3) is 0 Å². The Labute approximate surface area is 252 Å². The first-order chi connectivity index (χ1) is 20.2. The number of amides is 2. The number of Topliss-reactive ketones (excluding diaryl/α,β-unsaturated/α-hetero) is 1. The van der Waals surface area contributed by atoms with Gasteiger partial charge in [0.05, 0.1) is 19.1 Å². The minimum absolute atomic E-state index is 0.00204. The molecule has 2 heterocycles. The number of thioether (sulfide) groups is 1. The van der Waals surface area contributed by atoms with Crippen molar-refractivity contribution in [2.45, 2.75) is 52.4 Å². The quantitative estimate of drug-likeness (QED) is 0.344. The van der Waals surface area contributed by atoms with E-state index < -0.39 is 11.2 Å². The Morgan fingerprint density at radius 2 is 1.95 bits per heavy atom. The molecule has 6 nitrogen and oxygen atoms in total. The number of benzene rings is 1. The minimum atomic E-state index is -1.17. The highest BCUT2D eigenvalue weighted by Gasteiger charge is 2.47. The van der Waals surface area contributed by atoms with E-state index in [1.165, 1.54) is 29.8 Å².